The van der Waals surface area contributed by atoms with Crippen molar-refractivity contribution in [1.29, 1.82) is 0 Å². The van der Waals surface area contributed by atoms with Crippen LogP contribution in [0.15, 0.2) is 128 Å². The van der Waals surface area contributed by atoms with E-state index in [4.69, 9.17) is 0 Å². The first-order valence-electron chi connectivity index (χ1n) is 14.2. The van der Waals surface area contributed by atoms with Crippen LogP contribution in [-0.2, 0) is 6.42 Å². The van der Waals surface area contributed by atoms with Gasteiger partial charge >= 0.3 is 0 Å². The molecule has 0 aliphatic heterocycles. The zero-order chi connectivity index (χ0) is 27.5. The predicted molar refractivity (Wildman–Crippen MR) is 177 cm³/mol. The molecule has 0 aliphatic rings. The Morgan fingerprint density at radius 1 is 0.525 bits per heavy atom. The molecule has 0 nitrogen and oxygen atoms in total. The van der Waals surface area contributed by atoms with Crippen LogP contribution in [0.1, 0.15) is 36.5 Å². The first-order chi connectivity index (χ1) is 19.7. The maximum absolute atomic E-state index is 4.32. The molecular formula is C40H34. The van der Waals surface area contributed by atoms with Gasteiger partial charge in [-0.3, -0.25) is 0 Å². The average Bonchev–Trinajstić information content (AvgIpc) is 3.02. The summed E-state index contributed by atoms with van der Waals surface area (Å²) >= 11 is 0. The van der Waals surface area contributed by atoms with Crippen molar-refractivity contribution in [3.8, 4) is 33.4 Å². The lowest BCUT2D eigenvalue weighted by molar-refractivity contribution is 0.796. The summed E-state index contributed by atoms with van der Waals surface area (Å²) in [6.45, 7) is 10.9. The highest BCUT2D eigenvalue weighted by molar-refractivity contribution is 6.12. The zero-order valence-electron chi connectivity index (χ0n) is 23.2. The van der Waals surface area contributed by atoms with Gasteiger partial charge in [-0.05, 0) is 96.6 Å². The quantitative estimate of drug-likeness (QED) is 0.189. The molecule has 40 heavy (non-hydrogen) atoms. The van der Waals surface area contributed by atoms with Crippen molar-refractivity contribution in [3.63, 3.8) is 0 Å². The summed E-state index contributed by atoms with van der Waals surface area (Å²) in [4.78, 5) is 0. The molecule has 0 saturated carbocycles. The van der Waals surface area contributed by atoms with Crippen LogP contribution >= 0.6 is 0 Å². The van der Waals surface area contributed by atoms with Crippen LogP contribution in [0.25, 0.3) is 67.1 Å². The Morgan fingerprint density at radius 3 is 1.93 bits per heavy atom. The summed E-state index contributed by atoms with van der Waals surface area (Å²) in [5, 5.41) is 5.00. The van der Waals surface area contributed by atoms with Gasteiger partial charge in [-0.25, -0.2) is 0 Å². The van der Waals surface area contributed by atoms with Gasteiger partial charge in [0.25, 0.3) is 0 Å². The second kappa shape index (κ2) is 11.2. The van der Waals surface area contributed by atoms with E-state index in [0.29, 0.717) is 0 Å². The van der Waals surface area contributed by atoms with Crippen molar-refractivity contribution in [3.05, 3.63) is 145 Å². The van der Waals surface area contributed by atoms with Gasteiger partial charge in [-0.1, -0.05) is 142 Å². The minimum atomic E-state index is 1.08. The average molecular weight is 515 g/mol. The summed E-state index contributed by atoms with van der Waals surface area (Å²) in [6, 6.07) is 41.9. The highest BCUT2D eigenvalue weighted by atomic mass is 14.2. The molecule has 0 fully saturated rings. The number of aryl methyl sites for hydroxylation is 1. The Hall–Kier alpha value is -4.68. The summed E-state index contributed by atoms with van der Waals surface area (Å²) in [5.41, 5.74) is 10.9. The summed E-state index contributed by atoms with van der Waals surface area (Å²) in [7, 11) is 0. The van der Waals surface area contributed by atoms with Gasteiger partial charge < -0.3 is 0 Å². The fourth-order valence-electron chi connectivity index (χ4n) is 5.99. The third kappa shape index (κ3) is 4.67. The highest BCUT2D eigenvalue weighted by Gasteiger charge is 2.20. The van der Waals surface area contributed by atoms with Crippen LogP contribution in [-0.4, -0.2) is 0 Å². The zero-order valence-corrected chi connectivity index (χ0v) is 23.2. The molecule has 0 atom stereocenters. The number of fused-ring (bicyclic) bond motifs is 2. The van der Waals surface area contributed by atoms with Gasteiger partial charge in [0, 0.05) is 0 Å². The topological polar surface area (TPSA) is 0 Å². The first-order valence-corrected chi connectivity index (χ1v) is 14.2. The Morgan fingerprint density at radius 2 is 1.18 bits per heavy atom. The van der Waals surface area contributed by atoms with Gasteiger partial charge in [-0.2, -0.15) is 0 Å². The molecule has 0 saturated heterocycles. The van der Waals surface area contributed by atoms with E-state index < -0.39 is 0 Å². The fraction of sp³-hybridized carbons (Fsp3) is 0.100. The molecule has 0 bridgehead atoms. The smallest absolute Gasteiger partial charge is 0.00263 e. The number of benzene rings is 6. The molecule has 0 heteroatoms. The van der Waals surface area contributed by atoms with Gasteiger partial charge in [0.15, 0.2) is 0 Å². The third-order valence-electron chi connectivity index (χ3n) is 7.98. The molecule has 0 radical (unpaired) electrons. The third-order valence-corrected chi connectivity index (χ3v) is 7.98. The maximum Gasteiger partial charge on any atom is -0.00263 e. The molecule has 0 spiro atoms. The van der Waals surface area contributed by atoms with Gasteiger partial charge in [0.1, 0.15) is 0 Å². The van der Waals surface area contributed by atoms with E-state index in [2.05, 4.69) is 135 Å². The second-order valence-electron chi connectivity index (χ2n) is 10.5. The van der Waals surface area contributed by atoms with E-state index in [1.807, 2.05) is 12.2 Å². The Balaban J connectivity index is 1.68. The SMILES string of the molecule is C=Cc1c(C=C)c(-c2ccc3ccccc3c2)c2cc(CCCC)ccc2c1-c1cccc(-c2ccccc2)c1. The van der Waals surface area contributed by atoms with Crippen LogP contribution in [0.2, 0.25) is 0 Å². The van der Waals surface area contributed by atoms with E-state index >= 15 is 0 Å². The molecule has 0 N–H and O–H groups in total. The molecule has 6 aromatic carbocycles. The van der Waals surface area contributed by atoms with Crippen LogP contribution < -0.4 is 0 Å². The Labute approximate surface area is 238 Å². The van der Waals surface area contributed by atoms with Crippen molar-refractivity contribution in [2.24, 2.45) is 0 Å². The molecule has 6 rings (SSSR count). The second-order valence-corrected chi connectivity index (χ2v) is 10.5. The lowest BCUT2D eigenvalue weighted by atomic mass is 9.82. The molecule has 0 aromatic heterocycles. The van der Waals surface area contributed by atoms with Gasteiger partial charge in [0.05, 0.1) is 0 Å². The van der Waals surface area contributed by atoms with E-state index in [1.165, 1.54) is 73.3 Å². The van der Waals surface area contributed by atoms with E-state index in [1.54, 1.807) is 0 Å². The normalized spacial score (nSPS) is 11.1. The number of hydrogen-bond acceptors (Lipinski definition) is 0. The lowest BCUT2D eigenvalue weighted by Gasteiger charge is -2.21. The monoisotopic (exact) mass is 514 g/mol. The lowest BCUT2D eigenvalue weighted by Crippen LogP contribution is -1.97. The minimum Gasteiger partial charge on any atom is -0.0984 e. The molecule has 0 aliphatic carbocycles. The van der Waals surface area contributed by atoms with E-state index in [0.717, 1.165) is 17.5 Å². The molecule has 0 heterocycles. The van der Waals surface area contributed by atoms with Crippen molar-refractivity contribution >= 4 is 33.7 Å². The molecular weight excluding hydrogens is 480 g/mol. The largest absolute Gasteiger partial charge is 0.0984 e. The first kappa shape index (κ1) is 25.6. The Bertz CT molecular complexity index is 1850. The minimum absolute atomic E-state index is 1.08. The highest BCUT2D eigenvalue weighted by Crippen LogP contribution is 2.44. The van der Waals surface area contributed by atoms with Crippen molar-refractivity contribution in [1.82, 2.24) is 0 Å². The fourth-order valence-corrected chi connectivity index (χ4v) is 5.99. The van der Waals surface area contributed by atoms with Crippen molar-refractivity contribution < 1.29 is 0 Å². The predicted octanol–water partition coefficient (Wildman–Crippen LogP) is 11.6. The Kier molecular flexibility index (Phi) is 7.17. The van der Waals surface area contributed by atoms with Gasteiger partial charge in [-0.15, -0.1) is 0 Å². The van der Waals surface area contributed by atoms with E-state index in [-0.39, 0.29) is 0 Å². The summed E-state index contributed by atoms with van der Waals surface area (Å²) < 4.78 is 0. The van der Waals surface area contributed by atoms with Crippen LogP contribution in [0.3, 0.4) is 0 Å². The molecule has 0 unspecified atom stereocenters. The standard InChI is InChI=1S/C40H34/c1-4-7-14-28-21-24-37-38(25-28)40(34-23-22-30-17-11-12-18-31(30)27-34)36(6-3)35(5-2)39(37)33-20-13-19-32(26-33)29-15-9-8-10-16-29/h5-6,8-13,15-27H,2-4,7,14H2,1H3. The van der Waals surface area contributed by atoms with Crippen LogP contribution in [0.4, 0.5) is 0 Å². The van der Waals surface area contributed by atoms with Crippen molar-refractivity contribution in [2.75, 3.05) is 0 Å². The number of unbranched alkanes of at least 4 members (excludes halogenated alkanes) is 1. The number of rotatable bonds is 8. The number of hydrogen-bond donors (Lipinski definition) is 0. The summed E-state index contributed by atoms with van der Waals surface area (Å²) in [5.74, 6) is 0. The molecule has 6 aromatic rings. The van der Waals surface area contributed by atoms with E-state index in [9.17, 15) is 0 Å². The molecule has 194 valence electrons. The van der Waals surface area contributed by atoms with Crippen LogP contribution in [0, 0.1) is 0 Å². The van der Waals surface area contributed by atoms with Crippen molar-refractivity contribution in [2.45, 2.75) is 26.2 Å². The molecule has 0 amide bonds. The van der Waals surface area contributed by atoms with Crippen LogP contribution in [0.5, 0.6) is 0 Å². The van der Waals surface area contributed by atoms with Gasteiger partial charge in [0.2, 0.25) is 0 Å². The maximum atomic E-state index is 4.32. The summed E-state index contributed by atoms with van der Waals surface area (Å²) in [6.07, 6.45) is 7.47.